The predicted octanol–water partition coefficient (Wildman–Crippen LogP) is 0.507. The first-order valence-corrected chi connectivity index (χ1v) is 5.11. The molecular formula is C11H13N3O2. The minimum atomic E-state index is -0.230. The van der Waals surface area contributed by atoms with Crippen molar-refractivity contribution in [3.63, 3.8) is 0 Å². The third-order valence-electron chi connectivity index (χ3n) is 2.50. The Kier molecular flexibility index (Phi) is 2.60. The Morgan fingerprint density at radius 3 is 2.50 bits per heavy atom. The molecule has 0 unspecified atom stereocenters. The molecule has 1 aromatic heterocycles. The average Bonchev–Trinajstić information content (AvgIpc) is 2.72. The third-order valence-corrected chi connectivity index (χ3v) is 2.50. The van der Waals surface area contributed by atoms with Crippen LogP contribution in [0.25, 0.3) is 0 Å². The Morgan fingerprint density at radius 2 is 2.00 bits per heavy atom. The molecule has 2 heterocycles. The first-order valence-electron chi connectivity index (χ1n) is 5.11. The Morgan fingerprint density at radius 1 is 1.25 bits per heavy atom. The van der Waals surface area contributed by atoms with Gasteiger partial charge in [-0.2, -0.15) is 5.10 Å². The molecular weight excluding hydrogens is 206 g/mol. The Hall–Kier alpha value is -1.91. The fraction of sp³-hybridized carbons (Fsp3) is 0.364. The van der Waals surface area contributed by atoms with Gasteiger partial charge in [-0.3, -0.25) is 19.2 Å². The van der Waals surface area contributed by atoms with E-state index in [1.807, 2.05) is 13.1 Å². The molecule has 84 valence electrons. The molecule has 16 heavy (non-hydrogen) atoms. The van der Waals surface area contributed by atoms with Crippen molar-refractivity contribution >= 4 is 11.8 Å². The van der Waals surface area contributed by atoms with Gasteiger partial charge in [-0.15, -0.1) is 0 Å². The molecule has 2 rings (SSSR count). The molecule has 0 spiro atoms. The summed E-state index contributed by atoms with van der Waals surface area (Å²) in [5.41, 5.74) is 1.56. The van der Waals surface area contributed by atoms with Crippen LogP contribution in [0.5, 0.6) is 0 Å². The summed E-state index contributed by atoms with van der Waals surface area (Å²) < 4.78 is 1.73. The van der Waals surface area contributed by atoms with E-state index >= 15 is 0 Å². The maximum absolute atomic E-state index is 11.5. The molecule has 0 atom stereocenters. The van der Waals surface area contributed by atoms with Gasteiger partial charge in [-0.05, 0) is 19.4 Å². The van der Waals surface area contributed by atoms with Gasteiger partial charge in [-0.25, -0.2) is 0 Å². The molecule has 0 fully saturated rings. The molecule has 2 amide bonds. The highest BCUT2D eigenvalue weighted by atomic mass is 16.2. The minimum absolute atomic E-state index is 0.200. The minimum Gasteiger partial charge on any atom is -0.273 e. The maximum atomic E-state index is 11.5. The highest BCUT2D eigenvalue weighted by Gasteiger charge is 2.27. The van der Waals surface area contributed by atoms with Crippen LogP contribution >= 0.6 is 0 Å². The van der Waals surface area contributed by atoms with E-state index in [2.05, 4.69) is 5.10 Å². The van der Waals surface area contributed by atoms with E-state index < -0.39 is 0 Å². The molecule has 5 heteroatoms. The Labute approximate surface area is 93.3 Å². The lowest BCUT2D eigenvalue weighted by Gasteiger charge is -2.13. The molecule has 0 saturated heterocycles. The van der Waals surface area contributed by atoms with Gasteiger partial charge in [0.05, 0.1) is 12.7 Å². The summed E-state index contributed by atoms with van der Waals surface area (Å²) in [5, 5.41) is 4.10. The molecule has 1 aliphatic heterocycles. The van der Waals surface area contributed by atoms with Crippen molar-refractivity contribution in [2.45, 2.75) is 20.4 Å². The van der Waals surface area contributed by atoms with Crippen molar-refractivity contribution in [2.75, 3.05) is 6.54 Å². The monoisotopic (exact) mass is 219 g/mol. The zero-order chi connectivity index (χ0) is 11.7. The standard InChI is InChI=1S/C11H13N3O2/c1-8-6-12-13(7-8)3-4-14-10(15)5-9(2)11(14)16/h5-7H,3-4H2,1-2H3. The van der Waals surface area contributed by atoms with E-state index in [1.165, 1.54) is 11.0 Å². The molecule has 0 bridgehead atoms. The van der Waals surface area contributed by atoms with Crippen molar-refractivity contribution in [3.8, 4) is 0 Å². The van der Waals surface area contributed by atoms with Crippen molar-refractivity contribution in [1.29, 1.82) is 0 Å². The summed E-state index contributed by atoms with van der Waals surface area (Å²) in [4.78, 5) is 24.2. The van der Waals surface area contributed by atoms with Gasteiger partial charge in [0.2, 0.25) is 0 Å². The van der Waals surface area contributed by atoms with Crippen LogP contribution < -0.4 is 0 Å². The molecule has 1 aromatic rings. The SMILES string of the molecule is CC1=CC(=O)N(CCn2cc(C)cn2)C1=O. The largest absolute Gasteiger partial charge is 0.273 e. The van der Waals surface area contributed by atoms with E-state index in [-0.39, 0.29) is 11.8 Å². The van der Waals surface area contributed by atoms with Crippen LogP contribution in [0.3, 0.4) is 0 Å². The van der Waals surface area contributed by atoms with E-state index in [0.29, 0.717) is 18.7 Å². The number of rotatable bonds is 3. The fourth-order valence-electron chi connectivity index (χ4n) is 1.64. The van der Waals surface area contributed by atoms with Crippen LogP contribution in [0.15, 0.2) is 24.0 Å². The highest BCUT2D eigenvalue weighted by molar-refractivity contribution is 6.15. The maximum Gasteiger partial charge on any atom is 0.256 e. The second-order valence-electron chi connectivity index (χ2n) is 3.90. The van der Waals surface area contributed by atoms with Gasteiger partial charge >= 0.3 is 0 Å². The first kappa shape index (κ1) is 10.6. The summed E-state index contributed by atoms with van der Waals surface area (Å²) in [6.07, 6.45) is 5.00. The normalized spacial score (nSPS) is 15.9. The lowest BCUT2D eigenvalue weighted by molar-refractivity contribution is -0.137. The van der Waals surface area contributed by atoms with E-state index in [4.69, 9.17) is 0 Å². The number of aryl methyl sites for hydroxylation is 1. The van der Waals surface area contributed by atoms with Crippen LogP contribution in [0.4, 0.5) is 0 Å². The van der Waals surface area contributed by atoms with Gasteiger partial charge in [-0.1, -0.05) is 0 Å². The van der Waals surface area contributed by atoms with E-state index in [9.17, 15) is 9.59 Å². The first-order chi connectivity index (χ1) is 7.58. The number of carbonyl (C=O) groups is 2. The number of carbonyl (C=O) groups excluding carboxylic acids is 2. The van der Waals surface area contributed by atoms with Crippen LogP contribution in [-0.4, -0.2) is 33.0 Å². The number of hydrogen-bond donors (Lipinski definition) is 0. The molecule has 0 radical (unpaired) electrons. The molecule has 0 aliphatic carbocycles. The highest BCUT2D eigenvalue weighted by Crippen LogP contribution is 2.11. The van der Waals surface area contributed by atoms with Crippen LogP contribution in [-0.2, 0) is 16.1 Å². The van der Waals surface area contributed by atoms with Crippen molar-refractivity contribution in [1.82, 2.24) is 14.7 Å². The van der Waals surface area contributed by atoms with Gasteiger partial charge in [0, 0.05) is 24.4 Å². The lowest BCUT2D eigenvalue weighted by atomic mass is 10.3. The molecule has 5 nitrogen and oxygen atoms in total. The van der Waals surface area contributed by atoms with Gasteiger partial charge in [0.25, 0.3) is 11.8 Å². The third kappa shape index (κ3) is 1.88. The van der Waals surface area contributed by atoms with Crippen LogP contribution in [0.2, 0.25) is 0 Å². The zero-order valence-corrected chi connectivity index (χ0v) is 9.30. The lowest BCUT2D eigenvalue weighted by Crippen LogP contribution is -2.33. The Balaban J connectivity index is 1.97. The molecule has 0 saturated carbocycles. The quantitative estimate of drug-likeness (QED) is 0.696. The van der Waals surface area contributed by atoms with E-state index in [1.54, 1.807) is 17.8 Å². The predicted molar refractivity (Wildman–Crippen MR) is 57.4 cm³/mol. The van der Waals surface area contributed by atoms with Crippen LogP contribution in [0.1, 0.15) is 12.5 Å². The zero-order valence-electron chi connectivity index (χ0n) is 9.30. The Bertz CT molecular complexity index is 473. The summed E-state index contributed by atoms with van der Waals surface area (Å²) in [6, 6.07) is 0. The second kappa shape index (κ2) is 3.92. The van der Waals surface area contributed by atoms with E-state index in [0.717, 1.165) is 5.56 Å². The van der Waals surface area contributed by atoms with Crippen LogP contribution in [0, 0.1) is 6.92 Å². The van der Waals surface area contributed by atoms with Gasteiger partial charge in [0.1, 0.15) is 0 Å². The number of aromatic nitrogens is 2. The number of imide groups is 1. The second-order valence-corrected chi connectivity index (χ2v) is 3.90. The number of nitrogens with zero attached hydrogens (tertiary/aromatic N) is 3. The molecule has 0 aromatic carbocycles. The molecule has 1 aliphatic rings. The molecule has 0 N–H and O–H groups in total. The summed E-state index contributed by atoms with van der Waals surface area (Å²) >= 11 is 0. The topological polar surface area (TPSA) is 55.2 Å². The summed E-state index contributed by atoms with van der Waals surface area (Å²) in [7, 11) is 0. The summed E-state index contributed by atoms with van der Waals surface area (Å²) in [5.74, 6) is -0.430. The van der Waals surface area contributed by atoms with Crippen molar-refractivity contribution in [3.05, 3.63) is 29.6 Å². The smallest absolute Gasteiger partial charge is 0.256 e. The average molecular weight is 219 g/mol. The van der Waals surface area contributed by atoms with Gasteiger partial charge in [0.15, 0.2) is 0 Å². The fourth-order valence-corrected chi connectivity index (χ4v) is 1.64. The number of amides is 2. The number of hydrogen-bond acceptors (Lipinski definition) is 3. The van der Waals surface area contributed by atoms with Gasteiger partial charge < -0.3 is 0 Å². The summed E-state index contributed by atoms with van der Waals surface area (Å²) in [6.45, 7) is 4.50. The van der Waals surface area contributed by atoms with Crippen molar-refractivity contribution < 1.29 is 9.59 Å². The van der Waals surface area contributed by atoms with Crippen molar-refractivity contribution in [2.24, 2.45) is 0 Å².